The highest BCUT2D eigenvalue weighted by Crippen LogP contribution is 1.99. The summed E-state index contributed by atoms with van der Waals surface area (Å²) in [7, 11) is 0. The Hall–Kier alpha value is -1.91. The van der Waals surface area contributed by atoms with Crippen LogP contribution in [0.5, 0.6) is 0 Å². The Bertz CT molecular complexity index is 335. The molecule has 0 atom stereocenters. The number of rotatable bonds is 3. The standard InChI is InChI=1S/C9H11N3O2/c1-2-7(11-12-9(13)14)8-5-3-4-6-10-8/h3-6,12H,2H2,1H3,(H,13,14)/b11-7-. The highest BCUT2D eigenvalue weighted by atomic mass is 16.4. The Morgan fingerprint density at radius 1 is 1.64 bits per heavy atom. The number of hydrogen-bond acceptors (Lipinski definition) is 3. The van der Waals surface area contributed by atoms with E-state index in [1.54, 1.807) is 18.3 Å². The molecule has 1 heterocycles. The van der Waals surface area contributed by atoms with Crippen LogP contribution >= 0.6 is 0 Å². The Labute approximate surface area is 81.5 Å². The number of aromatic nitrogens is 1. The smallest absolute Gasteiger partial charge is 0.425 e. The first kappa shape index (κ1) is 10.2. The van der Waals surface area contributed by atoms with E-state index < -0.39 is 6.09 Å². The SMILES string of the molecule is CC/C(=N/NC(=O)O)c1ccccn1. The Morgan fingerprint density at radius 3 is 2.93 bits per heavy atom. The first-order chi connectivity index (χ1) is 6.74. The second kappa shape index (κ2) is 4.96. The van der Waals surface area contributed by atoms with E-state index in [0.29, 0.717) is 17.8 Å². The monoisotopic (exact) mass is 193 g/mol. The van der Waals surface area contributed by atoms with Crippen molar-refractivity contribution in [3.8, 4) is 0 Å². The van der Waals surface area contributed by atoms with Gasteiger partial charge in [-0.15, -0.1) is 0 Å². The van der Waals surface area contributed by atoms with E-state index in [2.05, 4.69) is 10.1 Å². The number of nitrogens with zero attached hydrogens (tertiary/aromatic N) is 2. The molecule has 0 saturated carbocycles. The normalized spacial score (nSPS) is 11.1. The quantitative estimate of drug-likeness (QED) is 0.563. The van der Waals surface area contributed by atoms with Gasteiger partial charge in [-0.2, -0.15) is 5.10 Å². The molecule has 0 saturated heterocycles. The predicted octanol–water partition coefficient (Wildman–Crippen LogP) is 1.46. The average molecular weight is 193 g/mol. The van der Waals surface area contributed by atoms with Crippen molar-refractivity contribution >= 4 is 11.8 Å². The van der Waals surface area contributed by atoms with Crippen LogP contribution in [0.25, 0.3) is 0 Å². The van der Waals surface area contributed by atoms with Gasteiger partial charge in [-0.05, 0) is 18.6 Å². The van der Waals surface area contributed by atoms with Crippen LogP contribution in [0, 0.1) is 0 Å². The highest BCUT2D eigenvalue weighted by molar-refractivity contribution is 5.98. The minimum atomic E-state index is -1.17. The molecular weight excluding hydrogens is 182 g/mol. The Balaban J connectivity index is 2.82. The van der Waals surface area contributed by atoms with E-state index >= 15 is 0 Å². The third-order valence-corrected chi connectivity index (χ3v) is 1.58. The summed E-state index contributed by atoms with van der Waals surface area (Å²) in [5, 5.41) is 12.1. The fourth-order valence-corrected chi connectivity index (χ4v) is 0.966. The maximum atomic E-state index is 10.2. The first-order valence-corrected chi connectivity index (χ1v) is 4.21. The summed E-state index contributed by atoms with van der Waals surface area (Å²) < 4.78 is 0. The molecule has 14 heavy (non-hydrogen) atoms. The second-order valence-corrected chi connectivity index (χ2v) is 2.54. The van der Waals surface area contributed by atoms with E-state index in [-0.39, 0.29) is 0 Å². The fourth-order valence-electron chi connectivity index (χ4n) is 0.966. The maximum absolute atomic E-state index is 10.2. The summed E-state index contributed by atoms with van der Waals surface area (Å²) in [5.74, 6) is 0. The molecule has 0 fully saturated rings. The third-order valence-electron chi connectivity index (χ3n) is 1.58. The van der Waals surface area contributed by atoms with Gasteiger partial charge in [-0.3, -0.25) is 4.98 Å². The van der Waals surface area contributed by atoms with Crippen molar-refractivity contribution in [2.24, 2.45) is 5.10 Å². The Morgan fingerprint density at radius 2 is 2.43 bits per heavy atom. The molecule has 5 nitrogen and oxygen atoms in total. The molecule has 74 valence electrons. The second-order valence-electron chi connectivity index (χ2n) is 2.54. The van der Waals surface area contributed by atoms with Gasteiger partial charge < -0.3 is 5.11 Å². The third kappa shape index (κ3) is 2.85. The molecule has 0 aliphatic heterocycles. The highest BCUT2D eigenvalue weighted by Gasteiger charge is 2.02. The molecule has 5 heteroatoms. The van der Waals surface area contributed by atoms with Crippen LogP contribution in [-0.4, -0.2) is 21.9 Å². The lowest BCUT2D eigenvalue weighted by Crippen LogP contribution is -2.17. The molecule has 0 unspecified atom stereocenters. The molecule has 0 spiro atoms. The maximum Gasteiger partial charge on any atom is 0.425 e. The average Bonchev–Trinajstić information content (AvgIpc) is 2.20. The summed E-state index contributed by atoms with van der Waals surface area (Å²) in [4.78, 5) is 14.3. The van der Waals surface area contributed by atoms with E-state index in [0.717, 1.165) is 0 Å². The summed E-state index contributed by atoms with van der Waals surface area (Å²) in [6.07, 6.45) is 1.09. The summed E-state index contributed by atoms with van der Waals surface area (Å²) >= 11 is 0. The van der Waals surface area contributed by atoms with Gasteiger partial charge >= 0.3 is 6.09 Å². The van der Waals surface area contributed by atoms with Gasteiger partial charge in [0.2, 0.25) is 0 Å². The molecule has 0 radical (unpaired) electrons. The zero-order valence-corrected chi connectivity index (χ0v) is 7.77. The van der Waals surface area contributed by atoms with Crippen molar-refractivity contribution in [3.05, 3.63) is 30.1 Å². The van der Waals surface area contributed by atoms with Crippen molar-refractivity contribution in [3.63, 3.8) is 0 Å². The van der Waals surface area contributed by atoms with Crippen LogP contribution < -0.4 is 5.43 Å². The van der Waals surface area contributed by atoms with Crippen LogP contribution in [0.15, 0.2) is 29.5 Å². The van der Waals surface area contributed by atoms with Gasteiger partial charge in [0.05, 0.1) is 11.4 Å². The molecule has 0 aliphatic rings. The molecule has 0 aliphatic carbocycles. The van der Waals surface area contributed by atoms with Crippen molar-refractivity contribution in [2.45, 2.75) is 13.3 Å². The summed E-state index contributed by atoms with van der Waals surface area (Å²) in [6.45, 7) is 1.89. The molecule has 2 N–H and O–H groups in total. The zero-order valence-electron chi connectivity index (χ0n) is 7.77. The van der Waals surface area contributed by atoms with Crippen molar-refractivity contribution < 1.29 is 9.90 Å². The van der Waals surface area contributed by atoms with E-state index in [1.807, 2.05) is 18.4 Å². The predicted molar refractivity (Wildman–Crippen MR) is 52.2 cm³/mol. The summed E-state index contributed by atoms with van der Waals surface area (Å²) in [5.41, 5.74) is 3.26. The number of pyridine rings is 1. The molecule has 1 amide bonds. The zero-order chi connectivity index (χ0) is 10.4. The lowest BCUT2D eigenvalue weighted by Gasteiger charge is -2.01. The number of hydrogen-bond donors (Lipinski definition) is 2. The number of hydrazone groups is 1. The molecule has 1 rings (SSSR count). The van der Waals surface area contributed by atoms with Crippen molar-refractivity contribution in [2.75, 3.05) is 0 Å². The number of amides is 1. The van der Waals surface area contributed by atoms with Crippen LogP contribution in [-0.2, 0) is 0 Å². The molecule has 1 aromatic heterocycles. The van der Waals surface area contributed by atoms with Crippen LogP contribution in [0.2, 0.25) is 0 Å². The molecule has 0 bridgehead atoms. The van der Waals surface area contributed by atoms with E-state index in [4.69, 9.17) is 5.11 Å². The van der Waals surface area contributed by atoms with Crippen LogP contribution in [0.3, 0.4) is 0 Å². The molecular formula is C9H11N3O2. The van der Waals surface area contributed by atoms with E-state index in [1.165, 1.54) is 0 Å². The minimum absolute atomic E-state index is 0.619. The Kier molecular flexibility index (Phi) is 3.60. The summed E-state index contributed by atoms with van der Waals surface area (Å²) in [6, 6.07) is 5.40. The van der Waals surface area contributed by atoms with Gasteiger partial charge in [0, 0.05) is 6.20 Å². The van der Waals surface area contributed by atoms with Gasteiger partial charge in [-0.1, -0.05) is 13.0 Å². The minimum Gasteiger partial charge on any atom is -0.464 e. The topological polar surface area (TPSA) is 74.6 Å². The largest absolute Gasteiger partial charge is 0.464 e. The molecule has 1 aromatic rings. The van der Waals surface area contributed by atoms with Gasteiger partial charge in [-0.25, -0.2) is 10.2 Å². The fraction of sp³-hybridized carbons (Fsp3) is 0.222. The molecule has 0 aromatic carbocycles. The van der Waals surface area contributed by atoms with Crippen LogP contribution in [0.1, 0.15) is 19.0 Å². The van der Waals surface area contributed by atoms with E-state index in [9.17, 15) is 4.79 Å². The van der Waals surface area contributed by atoms with Crippen molar-refractivity contribution in [1.29, 1.82) is 0 Å². The number of carboxylic acid groups (broad SMARTS) is 1. The lowest BCUT2D eigenvalue weighted by atomic mass is 10.2. The first-order valence-electron chi connectivity index (χ1n) is 4.21. The lowest BCUT2D eigenvalue weighted by molar-refractivity contribution is 0.195. The van der Waals surface area contributed by atoms with Crippen molar-refractivity contribution in [1.82, 2.24) is 10.4 Å². The van der Waals surface area contributed by atoms with Gasteiger partial charge in [0.15, 0.2) is 0 Å². The van der Waals surface area contributed by atoms with Crippen LogP contribution in [0.4, 0.5) is 4.79 Å². The van der Waals surface area contributed by atoms with Gasteiger partial charge in [0.25, 0.3) is 0 Å². The van der Waals surface area contributed by atoms with Gasteiger partial charge in [0.1, 0.15) is 0 Å². The number of carbonyl (C=O) groups is 1. The number of nitrogens with one attached hydrogen (secondary N) is 1.